The van der Waals surface area contributed by atoms with Crippen molar-refractivity contribution in [1.82, 2.24) is 0 Å². The van der Waals surface area contributed by atoms with E-state index in [0.717, 1.165) is 5.56 Å². The van der Waals surface area contributed by atoms with Crippen molar-refractivity contribution in [1.29, 1.82) is 5.26 Å². The van der Waals surface area contributed by atoms with Gasteiger partial charge in [0.25, 0.3) is 0 Å². The zero-order chi connectivity index (χ0) is 7.40. The molecule has 0 saturated heterocycles. The SMILES string of the molecule is [B+2]c1cccc(CC#N)c1.[OH-].[OH-]. The van der Waals surface area contributed by atoms with Crippen LogP contribution in [0.5, 0.6) is 0 Å². The Hall–Kier alpha value is -1.31. The van der Waals surface area contributed by atoms with E-state index < -0.39 is 0 Å². The molecule has 1 rings (SSSR count). The van der Waals surface area contributed by atoms with Crippen LogP contribution in [0.2, 0.25) is 0 Å². The second kappa shape index (κ2) is 6.41. The van der Waals surface area contributed by atoms with Crippen molar-refractivity contribution in [3.63, 3.8) is 0 Å². The molecule has 0 spiro atoms. The molecule has 0 radical (unpaired) electrons. The number of benzene rings is 1. The summed E-state index contributed by atoms with van der Waals surface area (Å²) in [6.07, 6.45) is 0.436. The number of rotatable bonds is 1. The van der Waals surface area contributed by atoms with Crippen molar-refractivity contribution >= 4 is 13.3 Å². The Labute approximate surface area is 72.7 Å². The van der Waals surface area contributed by atoms with Crippen LogP contribution < -0.4 is 5.46 Å². The molecule has 0 saturated carbocycles. The van der Waals surface area contributed by atoms with Gasteiger partial charge in [0.1, 0.15) is 0 Å². The van der Waals surface area contributed by atoms with Gasteiger partial charge in [-0.05, 0) is 0 Å². The molecule has 0 amide bonds. The molecule has 0 bridgehead atoms. The maximum atomic E-state index is 8.32. The van der Waals surface area contributed by atoms with Crippen LogP contribution in [0.3, 0.4) is 0 Å². The molecule has 0 unspecified atom stereocenters. The fourth-order valence-corrected chi connectivity index (χ4v) is 0.794. The molecule has 0 aromatic heterocycles. The minimum Gasteiger partial charge on any atom is -0.870 e. The minimum absolute atomic E-state index is 0. The number of hydrogen-bond acceptors (Lipinski definition) is 3. The zero-order valence-corrected chi connectivity index (χ0v) is 6.44. The summed E-state index contributed by atoms with van der Waals surface area (Å²) in [6, 6.07) is 9.41. The van der Waals surface area contributed by atoms with Crippen LogP contribution in [0.4, 0.5) is 0 Å². The van der Waals surface area contributed by atoms with Crippen LogP contribution in [-0.2, 0) is 6.42 Å². The zero-order valence-electron chi connectivity index (χ0n) is 6.44. The average molecular weight is 161 g/mol. The first kappa shape index (κ1) is 13.3. The number of nitrogens with zero attached hydrogens (tertiary/aromatic N) is 1. The summed E-state index contributed by atoms with van der Waals surface area (Å²) in [6.45, 7) is 0. The van der Waals surface area contributed by atoms with Gasteiger partial charge in [-0.1, -0.05) is 0 Å². The smallest absolute Gasteiger partial charge is 0.870 e. The van der Waals surface area contributed by atoms with Gasteiger partial charge < -0.3 is 11.0 Å². The summed E-state index contributed by atoms with van der Waals surface area (Å²) in [5, 5.41) is 8.32. The molecule has 60 valence electrons. The van der Waals surface area contributed by atoms with Gasteiger partial charge in [-0.3, -0.25) is 0 Å². The van der Waals surface area contributed by atoms with Crippen molar-refractivity contribution in [2.24, 2.45) is 0 Å². The maximum absolute atomic E-state index is 8.32. The van der Waals surface area contributed by atoms with E-state index in [9.17, 15) is 0 Å². The van der Waals surface area contributed by atoms with E-state index in [1.165, 1.54) is 0 Å². The maximum Gasteiger partial charge on any atom is -0.870 e. The van der Waals surface area contributed by atoms with Gasteiger partial charge >= 0.3 is 60.9 Å². The van der Waals surface area contributed by atoms with Crippen molar-refractivity contribution in [3.05, 3.63) is 29.8 Å². The van der Waals surface area contributed by atoms with E-state index in [4.69, 9.17) is 13.1 Å². The van der Waals surface area contributed by atoms with Crippen LogP contribution in [0.15, 0.2) is 24.3 Å². The molecule has 3 nitrogen and oxygen atoms in total. The third-order valence-electron chi connectivity index (χ3n) is 1.23. The average Bonchev–Trinajstić information content (AvgIpc) is 1.88. The van der Waals surface area contributed by atoms with Gasteiger partial charge in [-0.25, -0.2) is 0 Å². The summed E-state index contributed by atoms with van der Waals surface area (Å²) in [5.74, 6) is 0. The number of nitriles is 1. The Morgan fingerprint density at radius 1 is 1.33 bits per heavy atom. The standard InChI is InChI=1S/C8H6BN.2H2O/c9-8-3-1-2-7(6-8)4-5-10;;/h1-3,6H,4H2;2*1H2/q+2;;/p-2. The van der Waals surface area contributed by atoms with E-state index in [0.29, 0.717) is 11.9 Å². The van der Waals surface area contributed by atoms with Crippen molar-refractivity contribution in [3.8, 4) is 6.07 Å². The summed E-state index contributed by atoms with van der Waals surface area (Å²) in [5.41, 5.74) is 1.69. The largest absolute Gasteiger partial charge is 0.870 e. The quantitative estimate of drug-likeness (QED) is 0.551. The molecule has 0 aliphatic carbocycles. The molecule has 1 aromatic rings. The Balaban J connectivity index is 0. The van der Waals surface area contributed by atoms with Crippen LogP contribution in [0, 0.1) is 11.3 Å². The van der Waals surface area contributed by atoms with Crippen molar-refractivity contribution in [2.75, 3.05) is 0 Å². The van der Waals surface area contributed by atoms with Gasteiger partial charge in [-0.2, -0.15) is 0 Å². The second-order valence-corrected chi connectivity index (χ2v) is 2.08. The van der Waals surface area contributed by atoms with E-state index >= 15 is 0 Å². The molecular weight excluding hydrogens is 153 g/mol. The third-order valence-corrected chi connectivity index (χ3v) is 1.23. The third kappa shape index (κ3) is 3.76. The topological polar surface area (TPSA) is 83.8 Å². The van der Waals surface area contributed by atoms with Crippen molar-refractivity contribution in [2.45, 2.75) is 6.42 Å². The summed E-state index contributed by atoms with van der Waals surface area (Å²) in [4.78, 5) is 0. The minimum atomic E-state index is 0. The Morgan fingerprint density at radius 3 is 2.50 bits per heavy atom. The van der Waals surface area contributed by atoms with Crippen molar-refractivity contribution < 1.29 is 11.0 Å². The van der Waals surface area contributed by atoms with Crippen LogP contribution in [-0.4, -0.2) is 18.8 Å². The molecule has 12 heavy (non-hydrogen) atoms. The van der Waals surface area contributed by atoms with Gasteiger partial charge in [0.2, 0.25) is 0 Å². The molecule has 0 fully saturated rings. The Kier molecular flexibility index (Phi) is 7.10. The van der Waals surface area contributed by atoms with E-state index in [1.807, 2.05) is 18.2 Å². The molecule has 1 aromatic carbocycles. The predicted molar refractivity (Wildman–Crippen MR) is 45.0 cm³/mol. The molecular formula is C8H8BNO2. The fourth-order valence-electron chi connectivity index (χ4n) is 0.794. The molecule has 0 atom stereocenters. The van der Waals surface area contributed by atoms with Gasteiger partial charge in [0, 0.05) is 0 Å². The number of hydrogen-bond donors (Lipinski definition) is 0. The Morgan fingerprint density at radius 2 is 2.00 bits per heavy atom. The van der Waals surface area contributed by atoms with Crippen LogP contribution in [0.25, 0.3) is 0 Å². The molecule has 0 aliphatic rings. The molecule has 2 N–H and O–H groups in total. The molecule has 0 aliphatic heterocycles. The Bertz CT molecular complexity index is 270. The summed E-state index contributed by atoms with van der Waals surface area (Å²) < 4.78 is 0. The fraction of sp³-hybridized carbons (Fsp3) is 0.125. The first-order valence-corrected chi connectivity index (χ1v) is 3.04. The predicted octanol–water partition coefficient (Wildman–Crippen LogP) is 0.193. The second-order valence-electron chi connectivity index (χ2n) is 2.08. The normalized spacial score (nSPS) is 7.42. The van der Waals surface area contributed by atoms with Gasteiger partial charge in [0.05, 0.1) is 0 Å². The summed E-state index contributed by atoms with van der Waals surface area (Å²) in [7, 11) is 5.48. The van der Waals surface area contributed by atoms with E-state index in [1.54, 1.807) is 6.07 Å². The van der Waals surface area contributed by atoms with Crippen LogP contribution in [0.1, 0.15) is 5.56 Å². The molecule has 4 heteroatoms. The van der Waals surface area contributed by atoms with E-state index in [2.05, 4.69) is 6.07 Å². The summed E-state index contributed by atoms with van der Waals surface area (Å²) >= 11 is 0. The molecule has 0 heterocycles. The van der Waals surface area contributed by atoms with E-state index in [-0.39, 0.29) is 11.0 Å². The van der Waals surface area contributed by atoms with Crippen LogP contribution >= 0.6 is 0 Å². The first-order valence-electron chi connectivity index (χ1n) is 3.04. The van der Waals surface area contributed by atoms with Gasteiger partial charge in [-0.15, -0.1) is 0 Å². The first-order chi connectivity index (χ1) is 4.83. The van der Waals surface area contributed by atoms with Gasteiger partial charge in [0.15, 0.2) is 0 Å². The monoisotopic (exact) mass is 161 g/mol.